The molecule has 1 fully saturated rings. The molecule has 28 heavy (non-hydrogen) atoms. The van der Waals surface area contributed by atoms with Gasteiger partial charge in [-0.05, 0) is 75.5 Å². The summed E-state index contributed by atoms with van der Waals surface area (Å²) in [6.07, 6.45) is 6.62. The van der Waals surface area contributed by atoms with Crippen molar-refractivity contribution in [2.45, 2.75) is 51.5 Å². The number of aromatic amines is 1. The molecule has 2 aromatic rings. The van der Waals surface area contributed by atoms with Crippen LogP contribution in [-0.4, -0.2) is 47.2 Å². The molecule has 3 rings (SSSR count). The predicted molar refractivity (Wildman–Crippen MR) is 109 cm³/mol. The van der Waals surface area contributed by atoms with Gasteiger partial charge in [0.25, 0.3) is 0 Å². The van der Waals surface area contributed by atoms with Gasteiger partial charge < -0.3 is 5.32 Å². The van der Waals surface area contributed by atoms with Crippen LogP contribution in [0.5, 0.6) is 0 Å². The van der Waals surface area contributed by atoms with Gasteiger partial charge in [0.15, 0.2) is 0 Å². The predicted octanol–water partition coefficient (Wildman–Crippen LogP) is 3.78. The molecule has 1 amide bonds. The molecule has 2 unspecified atom stereocenters. The summed E-state index contributed by atoms with van der Waals surface area (Å²) in [5.41, 5.74) is 2.77. The van der Waals surface area contributed by atoms with Crippen molar-refractivity contribution in [3.63, 3.8) is 0 Å². The summed E-state index contributed by atoms with van der Waals surface area (Å²) >= 11 is 0. The van der Waals surface area contributed by atoms with Gasteiger partial charge in [-0.3, -0.25) is 14.8 Å². The summed E-state index contributed by atoms with van der Waals surface area (Å²) in [5.74, 6) is 0.463. The van der Waals surface area contributed by atoms with Crippen molar-refractivity contribution >= 4 is 5.91 Å². The smallest absolute Gasteiger partial charge is 0.234 e. The van der Waals surface area contributed by atoms with Crippen molar-refractivity contribution in [3.8, 4) is 11.3 Å². The standard InChI is InChI=1S/C22H31FN4O/c1-16-6-3-4-8-20(16)24-22(28)15-27(2)13-5-7-19-14-21(26-25-19)17-9-11-18(23)12-10-17/h9-12,14,16,20H,3-8,13,15H2,1-2H3,(H,24,28)(H,25,26). The SMILES string of the molecule is CC1CCCCC1NC(=O)CN(C)CCCc1cc(-c2ccc(F)cc2)n[nH]1. The first-order valence-corrected chi connectivity index (χ1v) is 10.3. The number of aryl methyl sites for hydroxylation is 1. The Bertz CT molecular complexity index is 758. The Morgan fingerprint density at radius 3 is 2.79 bits per heavy atom. The summed E-state index contributed by atoms with van der Waals surface area (Å²) in [5, 5.41) is 10.6. The minimum atomic E-state index is -0.246. The van der Waals surface area contributed by atoms with E-state index in [4.69, 9.17) is 0 Å². The normalized spacial score (nSPS) is 19.7. The first-order valence-electron chi connectivity index (χ1n) is 10.3. The number of likely N-dealkylation sites (N-methyl/N-ethyl adjacent to an activating group) is 1. The van der Waals surface area contributed by atoms with Crippen LogP contribution in [0, 0.1) is 11.7 Å². The van der Waals surface area contributed by atoms with E-state index in [1.54, 1.807) is 12.1 Å². The zero-order valence-corrected chi connectivity index (χ0v) is 16.9. The average molecular weight is 387 g/mol. The summed E-state index contributed by atoms with van der Waals surface area (Å²) in [4.78, 5) is 14.4. The van der Waals surface area contributed by atoms with Gasteiger partial charge in [0.05, 0.1) is 12.2 Å². The number of nitrogens with one attached hydrogen (secondary N) is 2. The minimum absolute atomic E-state index is 0.126. The van der Waals surface area contributed by atoms with Crippen LogP contribution in [0.1, 0.15) is 44.7 Å². The molecule has 6 heteroatoms. The highest BCUT2D eigenvalue weighted by molar-refractivity contribution is 5.78. The molecule has 0 aliphatic heterocycles. The van der Waals surface area contributed by atoms with Crippen molar-refractivity contribution in [2.75, 3.05) is 20.1 Å². The van der Waals surface area contributed by atoms with Gasteiger partial charge in [-0.1, -0.05) is 19.8 Å². The Hall–Kier alpha value is -2.21. The first kappa shape index (κ1) is 20.5. The topological polar surface area (TPSA) is 61.0 Å². The molecule has 0 bridgehead atoms. The van der Waals surface area contributed by atoms with Crippen molar-refractivity contribution in [3.05, 3.63) is 41.8 Å². The largest absolute Gasteiger partial charge is 0.352 e. The third-order valence-corrected chi connectivity index (χ3v) is 5.63. The van der Waals surface area contributed by atoms with E-state index in [2.05, 4.69) is 27.3 Å². The zero-order valence-electron chi connectivity index (χ0n) is 16.9. The van der Waals surface area contributed by atoms with Crippen molar-refractivity contribution in [1.29, 1.82) is 0 Å². The lowest BCUT2D eigenvalue weighted by Crippen LogP contribution is -2.45. The number of aromatic nitrogens is 2. The fourth-order valence-electron chi connectivity index (χ4n) is 3.90. The number of carbonyl (C=O) groups excluding carboxylic acids is 1. The number of hydrogen-bond acceptors (Lipinski definition) is 3. The van der Waals surface area contributed by atoms with Crippen molar-refractivity contribution < 1.29 is 9.18 Å². The first-order chi connectivity index (χ1) is 13.5. The minimum Gasteiger partial charge on any atom is -0.352 e. The van der Waals surface area contributed by atoms with Crippen LogP contribution in [0.3, 0.4) is 0 Å². The Kier molecular flexibility index (Phi) is 7.20. The Morgan fingerprint density at radius 1 is 1.29 bits per heavy atom. The molecule has 1 aromatic carbocycles. The third-order valence-electron chi connectivity index (χ3n) is 5.63. The van der Waals surface area contributed by atoms with Gasteiger partial charge in [0.2, 0.25) is 5.91 Å². The lowest BCUT2D eigenvalue weighted by Gasteiger charge is -2.30. The second kappa shape index (κ2) is 9.82. The molecule has 1 aliphatic rings. The molecule has 2 atom stereocenters. The van der Waals surface area contributed by atoms with E-state index in [9.17, 15) is 9.18 Å². The van der Waals surface area contributed by atoms with E-state index >= 15 is 0 Å². The molecular weight excluding hydrogens is 355 g/mol. The molecule has 1 aliphatic carbocycles. The molecule has 0 radical (unpaired) electrons. The van der Waals surface area contributed by atoms with Crippen molar-refractivity contribution in [1.82, 2.24) is 20.4 Å². The number of hydrogen-bond donors (Lipinski definition) is 2. The summed E-state index contributed by atoms with van der Waals surface area (Å²) in [7, 11) is 1.99. The molecule has 1 saturated carbocycles. The Morgan fingerprint density at radius 2 is 2.04 bits per heavy atom. The van der Waals surface area contributed by atoms with Crippen LogP contribution in [0.25, 0.3) is 11.3 Å². The van der Waals surface area contributed by atoms with E-state index in [-0.39, 0.29) is 11.7 Å². The molecule has 2 N–H and O–H groups in total. The average Bonchev–Trinajstić information content (AvgIpc) is 3.13. The maximum Gasteiger partial charge on any atom is 0.234 e. The number of halogens is 1. The van der Waals surface area contributed by atoms with E-state index in [1.165, 1.54) is 31.4 Å². The van der Waals surface area contributed by atoms with Crippen LogP contribution in [-0.2, 0) is 11.2 Å². The maximum absolute atomic E-state index is 13.0. The summed E-state index contributed by atoms with van der Waals surface area (Å²) in [6, 6.07) is 8.69. The monoisotopic (exact) mass is 386 g/mol. The second-order valence-electron chi connectivity index (χ2n) is 8.06. The van der Waals surface area contributed by atoms with Crippen LogP contribution in [0.2, 0.25) is 0 Å². The summed E-state index contributed by atoms with van der Waals surface area (Å²) < 4.78 is 13.0. The van der Waals surface area contributed by atoms with Gasteiger partial charge in [0.1, 0.15) is 5.82 Å². The Labute approximate surface area is 166 Å². The summed E-state index contributed by atoms with van der Waals surface area (Å²) in [6.45, 7) is 3.52. The zero-order chi connectivity index (χ0) is 19.9. The molecule has 1 heterocycles. The van der Waals surface area contributed by atoms with Gasteiger partial charge in [0, 0.05) is 17.3 Å². The van der Waals surface area contributed by atoms with E-state index in [0.717, 1.165) is 42.8 Å². The van der Waals surface area contributed by atoms with Gasteiger partial charge in [-0.2, -0.15) is 5.10 Å². The third kappa shape index (κ3) is 5.89. The van der Waals surface area contributed by atoms with Gasteiger partial charge in [-0.15, -0.1) is 0 Å². The van der Waals surface area contributed by atoms with Crippen LogP contribution in [0.15, 0.2) is 30.3 Å². The molecule has 5 nitrogen and oxygen atoms in total. The second-order valence-corrected chi connectivity index (χ2v) is 8.06. The van der Waals surface area contributed by atoms with Gasteiger partial charge in [-0.25, -0.2) is 4.39 Å². The molecule has 0 spiro atoms. The highest BCUT2D eigenvalue weighted by atomic mass is 19.1. The fourth-order valence-corrected chi connectivity index (χ4v) is 3.90. The van der Waals surface area contributed by atoms with Crippen molar-refractivity contribution in [2.24, 2.45) is 5.92 Å². The van der Waals surface area contributed by atoms with E-state index in [0.29, 0.717) is 18.5 Å². The lowest BCUT2D eigenvalue weighted by atomic mass is 9.86. The number of amides is 1. The molecule has 1 aromatic heterocycles. The van der Waals surface area contributed by atoms with E-state index < -0.39 is 0 Å². The highest BCUT2D eigenvalue weighted by Crippen LogP contribution is 2.23. The highest BCUT2D eigenvalue weighted by Gasteiger charge is 2.22. The number of nitrogens with zero attached hydrogens (tertiary/aromatic N) is 2. The lowest BCUT2D eigenvalue weighted by molar-refractivity contribution is -0.123. The maximum atomic E-state index is 13.0. The number of benzene rings is 1. The number of H-pyrrole nitrogens is 1. The number of rotatable bonds is 8. The number of carbonyl (C=O) groups is 1. The van der Waals surface area contributed by atoms with Gasteiger partial charge >= 0.3 is 0 Å². The van der Waals surface area contributed by atoms with Crippen LogP contribution < -0.4 is 5.32 Å². The quantitative estimate of drug-likeness (QED) is 0.726. The van der Waals surface area contributed by atoms with E-state index in [1.807, 2.05) is 13.1 Å². The van der Waals surface area contributed by atoms with Crippen LogP contribution in [0.4, 0.5) is 4.39 Å². The fraction of sp³-hybridized carbons (Fsp3) is 0.545. The molecule has 152 valence electrons. The van der Waals surface area contributed by atoms with Crippen LogP contribution >= 0.6 is 0 Å². The molecule has 0 saturated heterocycles. The Balaban J connectivity index is 1.38. The molecular formula is C22H31FN4O.